The van der Waals surface area contributed by atoms with Crippen LogP contribution in [-0.4, -0.2) is 22.8 Å². The van der Waals surface area contributed by atoms with Gasteiger partial charge in [-0.1, -0.05) is 60.7 Å². The number of nitrogens with one attached hydrogen (secondary N) is 1. The lowest BCUT2D eigenvalue weighted by Crippen LogP contribution is -2.51. The third-order valence-corrected chi connectivity index (χ3v) is 4.48. The molecule has 0 atom stereocenters. The highest BCUT2D eigenvalue weighted by Gasteiger charge is 2.39. The molecule has 0 aromatic heterocycles. The number of hydrogen-bond acceptors (Lipinski definition) is 2. The largest absolute Gasteiger partial charge is 0.351 e. The number of nitrogens with zero attached hydrogens (tertiary/aromatic N) is 1. The van der Waals surface area contributed by atoms with Crippen molar-refractivity contribution in [2.75, 3.05) is 0 Å². The normalized spacial score (nSPS) is 11.3. The first kappa shape index (κ1) is 19.7. The number of rotatable bonds is 7. The highest BCUT2D eigenvalue weighted by molar-refractivity contribution is 6.04. The second-order valence-corrected chi connectivity index (χ2v) is 7.31. The second kappa shape index (κ2) is 8.65. The molecule has 0 aliphatic rings. The topological polar surface area (TPSA) is 49.4 Å². The van der Waals surface area contributed by atoms with Gasteiger partial charge in [0.25, 0.3) is 0 Å². The molecule has 0 spiro atoms. The van der Waals surface area contributed by atoms with E-state index in [1.54, 1.807) is 18.7 Å². The molecule has 4 nitrogen and oxygen atoms in total. The van der Waals surface area contributed by atoms with Gasteiger partial charge in [0, 0.05) is 19.1 Å². The Morgan fingerprint density at radius 1 is 0.923 bits per heavy atom. The van der Waals surface area contributed by atoms with Crippen molar-refractivity contribution in [1.82, 2.24) is 10.2 Å². The monoisotopic (exact) mass is 352 g/mol. The molecule has 26 heavy (non-hydrogen) atoms. The van der Waals surface area contributed by atoms with Crippen LogP contribution >= 0.6 is 0 Å². The van der Waals surface area contributed by atoms with Crippen molar-refractivity contribution in [3.05, 3.63) is 71.8 Å². The molecule has 0 heterocycles. The molecule has 2 rings (SSSR count). The summed E-state index contributed by atoms with van der Waals surface area (Å²) in [6, 6.07) is 19.5. The molecule has 0 aliphatic carbocycles. The molecule has 0 aliphatic heterocycles. The van der Waals surface area contributed by atoms with E-state index in [-0.39, 0.29) is 17.9 Å². The zero-order valence-corrected chi connectivity index (χ0v) is 16.0. The molecule has 0 unspecified atom stereocenters. The van der Waals surface area contributed by atoms with Gasteiger partial charge in [-0.05, 0) is 38.8 Å². The van der Waals surface area contributed by atoms with E-state index in [2.05, 4.69) is 5.32 Å². The summed E-state index contributed by atoms with van der Waals surface area (Å²) in [6.45, 7) is 8.23. The van der Waals surface area contributed by atoms with E-state index in [0.717, 1.165) is 11.1 Å². The predicted octanol–water partition coefficient (Wildman–Crippen LogP) is 3.77. The summed E-state index contributed by atoms with van der Waals surface area (Å²) in [5, 5.41) is 2.89. The van der Waals surface area contributed by atoms with E-state index >= 15 is 0 Å². The lowest BCUT2D eigenvalue weighted by Gasteiger charge is -2.34. The molecule has 0 saturated heterocycles. The molecule has 0 radical (unpaired) electrons. The summed E-state index contributed by atoms with van der Waals surface area (Å²) in [5.41, 5.74) is 0.928. The van der Waals surface area contributed by atoms with E-state index in [1.165, 1.54) is 0 Å². The van der Waals surface area contributed by atoms with Gasteiger partial charge in [-0.25, -0.2) is 0 Å². The summed E-state index contributed by atoms with van der Waals surface area (Å²) in [7, 11) is 0. The fraction of sp³-hybridized carbons (Fsp3) is 0.364. The minimum atomic E-state index is -1.13. The quantitative estimate of drug-likeness (QED) is 0.771. The molecule has 2 aromatic rings. The fourth-order valence-corrected chi connectivity index (χ4v) is 2.72. The molecule has 2 amide bonds. The lowest BCUT2D eigenvalue weighted by molar-refractivity contribution is -0.150. The molecule has 0 fully saturated rings. The van der Waals surface area contributed by atoms with Crippen LogP contribution in [0.1, 0.15) is 38.8 Å². The van der Waals surface area contributed by atoms with Crippen LogP contribution in [0.3, 0.4) is 0 Å². The molecule has 1 N–H and O–H groups in total. The molecule has 138 valence electrons. The molecule has 0 bridgehead atoms. The molecular formula is C22H28N2O2. The second-order valence-electron chi connectivity index (χ2n) is 7.31. The Kier molecular flexibility index (Phi) is 6.56. The zero-order valence-electron chi connectivity index (χ0n) is 16.0. The molecule has 4 heteroatoms. The number of carbonyl (C=O) groups excluding carboxylic acids is 2. The van der Waals surface area contributed by atoms with E-state index in [4.69, 9.17) is 0 Å². The van der Waals surface area contributed by atoms with Gasteiger partial charge in [0.1, 0.15) is 5.41 Å². The summed E-state index contributed by atoms with van der Waals surface area (Å²) in [5.74, 6) is -0.424. The fourth-order valence-electron chi connectivity index (χ4n) is 2.72. The van der Waals surface area contributed by atoms with Gasteiger partial charge in [-0.2, -0.15) is 0 Å². The van der Waals surface area contributed by atoms with E-state index in [0.29, 0.717) is 13.1 Å². The van der Waals surface area contributed by atoms with E-state index in [9.17, 15) is 9.59 Å². The number of carbonyl (C=O) groups is 2. The highest BCUT2D eigenvalue weighted by Crippen LogP contribution is 2.23. The van der Waals surface area contributed by atoms with Crippen molar-refractivity contribution in [1.29, 1.82) is 0 Å². The van der Waals surface area contributed by atoms with Gasteiger partial charge in [0.05, 0.1) is 0 Å². The Morgan fingerprint density at radius 2 is 1.42 bits per heavy atom. The van der Waals surface area contributed by atoms with E-state index < -0.39 is 5.41 Å². The standard InChI is InChI=1S/C22H28N2O2/c1-17(2)24(16-19-13-9-6-10-14-19)21(26)22(3,4)20(25)23-15-18-11-7-5-8-12-18/h5-14,17H,15-16H2,1-4H3,(H,23,25). The first-order valence-corrected chi connectivity index (χ1v) is 8.99. The average Bonchev–Trinajstić information content (AvgIpc) is 2.65. The van der Waals surface area contributed by atoms with Crippen LogP contribution in [-0.2, 0) is 22.7 Å². The van der Waals surface area contributed by atoms with Gasteiger partial charge < -0.3 is 10.2 Å². The summed E-state index contributed by atoms with van der Waals surface area (Å²) in [6.07, 6.45) is 0. The Bertz CT molecular complexity index is 724. The van der Waals surface area contributed by atoms with Crippen molar-refractivity contribution in [2.24, 2.45) is 5.41 Å². The third-order valence-electron chi connectivity index (χ3n) is 4.48. The first-order valence-electron chi connectivity index (χ1n) is 8.99. The summed E-state index contributed by atoms with van der Waals surface area (Å²) < 4.78 is 0. The number of amides is 2. The highest BCUT2D eigenvalue weighted by atomic mass is 16.2. The van der Waals surface area contributed by atoms with Crippen molar-refractivity contribution in [3.63, 3.8) is 0 Å². The van der Waals surface area contributed by atoms with Crippen LogP contribution in [0.25, 0.3) is 0 Å². The van der Waals surface area contributed by atoms with Gasteiger partial charge in [-0.3, -0.25) is 9.59 Å². The van der Waals surface area contributed by atoms with Crippen LogP contribution in [0.2, 0.25) is 0 Å². The van der Waals surface area contributed by atoms with Crippen LogP contribution in [0, 0.1) is 5.41 Å². The van der Waals surface area contributed by atoms with Gasteiger partial charge >= 0.3 is 0 Å². The first-order chi connectivity index (χ1) is 12.3. The Labute approximate surface area is 156 Å². The van der Waals surface area contributed by atoms with Crippen LogP contribution in [0.15, 0.2) is 60.7 Å². The maximum Gasteiger partial charge on any atom is 0.238 e. The van der Waals surface area contributed by atoms with Gasteiger partial charge in [0.2, 0.25) is 11.8 Å². The van der Waals surface area contributed by atoms with Crippen molar-refractivity contribution >= 4 is 11.8 Å². The maximum atomic E-state index is 13.1. The molecular weight excluding hydrogens is 324 g/mol. The minimum absolute atomic E-state index is 0.00362. The molecule has 2 aromatic carbocycles. The average molecular weight is 352 g/mol. The molecule has 0 saturated carbocycles. The van der Waals surface area contributed by atoms with Gasteiger partial charge in [0.15, 0.2) is 0 Å². The maximum absolute atomic E-state index is 13.1. The van der Waals surface area contributed by atoms with E-state index in [1.807, 2.05) is 74.5 Å². The number of hydrogen-bond donors (Lipinski definition) is 1. The van der Waals surface area contributed by atoms with Crippen molar-refractivity contribution < 1.29 is 9.59 Å². The Balaban J connectivity index is 2.08. The SMILES string of the molecule is CC(C)N(Cc1ccccc1)C(=O)C(C)(C)C(=O)NCc1ccccc1. The minimum Gasteiger partial charge on any atom is -0.351 e. The van der Waals surface area contributed by atoms with Crippen LogP contribution in [0.4, 0.5) is 0 Å². The Hall–Kier alpha value is -2.62. The van der Waals surface area contributed by atoms with Gasteiger partial charge in [-0.15, -0.1) is 0 Å². The zero-order chi connectivity index (χ0) is 19.2. The summed E-state index contributed by atoms with van der Waals surface area (Å²) >= 11 is 0. The Morgan fingerprint density at radius 3 is 1.92 bits per heavy atom. The van der Waals surface area contributed by atoms with Crippen molar-refractivity contribution in [2.45, 2.75) is 46.8 Å². The number of benzene rings is 2. The van der Waals surface area contributed by atoms with Crippen molar-refractivity contribution in [3.8, 4) is 0 Å². The lowest BCUT2D eigenvalue weighted by atomic mass is 9.89. The summed E-state index contributed by atoms with van der Waals surface area (Å²) in [4.78, 5) is 27.6. The van der Waals surface area contributed by atoms with Crippen LogP contribution < -0.4 is 5.32 Å². The smallest absolute Gasteiger partial charge is 0.238 e. The van der Waals surface area contributed by atoms with Crippen LogP contribution in [0.5, 0.6) is 0 Å². The third kappa shape index (κ3) is 4.94. The predicted molar refractivity (Wildman–Crippen MR) is 104 cm³/mol.